The fraction of sp³-hybridized carbons (Fsp3) is 1.00. The summed E-state index contributed by atoms with van der Waals surface area (Å²) in [7, 11) is -1.34. The van der Waals surface area contributed by atoms with Gasteiger partial charge in [0.05, 0.1) is 6.10 Å². The Balaban J connectivity index is 3.79. The van der Waals surface area contributed by atoms with E-state index in [2.05, 4.69) is 45.3 Å². The highest BCUT2D eigenvalue weighted by molar-refractivity contribution is 6.69. The van der Waals surface area contributed by atoms with E-state index in [9.17, 15) is 0 Å². The van der Waals surface area contributed by atoms with Gasteiger partial charge in [0.25, 0.3) is 0 Å². The van der Waals surface area contributed by atoms with E-state index in [4.69, 9.17) is 4.43 Å². The van der Waals surface area contributed by atoms with Crippen molar-refractivity contribution in [1.82, 2.24) is 4.90 Å². The molecule has 0 N–H and O–H groups in total. The average Bonchev–Trinajstić information content (AvgIpc) is 1.96. The predicted octanol–water partition coefficient (Wildman–Crippen LogP) is 2.57. The topological polar surface area (TPSA) is 12.5 Å². The minimum Gasteiger partial charge on any atom is -0.414 e. The van der Waals surface area contributed by atoms with Crippen molar-refractivity contribution in [3.8, 4) is 0 Å². The van der Waals surface area contributed by atoms with Gasteiger partial charge in [-0.1, -0.05) is 13.8 Å². The van der Waals surface area contributed by atoms with E-state index >= 15 is 0 Å². The average molecular weight is 203 g/mol. The molecule has 3 heteroatoms. The Morgan fingerprint density at radius 1 is 1.15 bits per heavy atom. The molecule has 1 unspecified atom stereocenters. The summed E-state index contributed by atoms with van der Waals surface area (Å²) < 4.78 is 5.97. The van der Waals surface area contributed by atoms with Crippen LogP contribution in [0.3, 0.4) is 0 Å². The maximum absolute atomic E-state index is 5.97. The molecular formula is C10H25NOSi. The Bertz CT molecular complexity index is 129. The third-order valence-electron chi connectivity index (χ3n) is 1.96. The molecule has 0 saturated heterocycles. The quantitative estimate of drug-likeness (QED) is 0.615. The van der Waals surface area contributed by atoms with Crippen LogP contribution >= 0.6 is 0 Å². The highest BCUT2D eigenvalue weighted by atomic mass is 28.4. The Morgan fingerprint density at radius 2 is 1.62 bits per heavy atom. The number of nitrogens with zero attached hydrogens (tertiary/aromatic N) is 1. The molecule has 80 valence electrons. The van der Waals surface area contributed by atoms with Crippen LogP contribution in [-0.4, -0.2) is 39.0 Å². The second kappa shape index (κ2) is 5.78. The van der Waals surface area contributed by atoms with Gasteiger partial charge in [0, 0.05) is 6.54 Å². The molecule has 0 aliphatic heterocycles. The first-order valence-corrected chi connectivity index (χ1v) is 8.70. The van der Waals surface area contributed by atoms with Crippen LogP contribution in [0.15, 0.2) is 0 Å². The molecule has 0 radical (unpaired) electrons. The van der Waals surface area contributed by atoms with Crippen LogP contribution in [0.2, 0.25) is 19.6 Å². The van der Waals surface area contributed by atoms with Crippen molar-refractivity contribution in [3.05, 3.63) is 0 Å². The van der Waals surface area contributed by atoms with Crippen molar-refractivity contribution in [2.45, 2.75) is 46.5 Å². The molecule has 0 aliphatic carbocycles. The van der Waals surface area contributed by atoms with Gasteiger partial charge in [-0.2, -0.15) is 0 Å². The third-order valence-corrected chi connectivity index (χ3v) is 3.07. The monoisotopic (exact) mass is 203 g/mol. The highest BCUT2D eigenvalue weighted by Gasteiger charge is 2.18. The van der Waals surface area contributed by atoms with E-state index < -0.39 is 8.32 Å². The van der Waals surface area contributed by atoms with Gasteiger partial charge in [-0.15, -0.1) is 0 Å². The highest BCUT2D eigenvalue weighted by Crippen LogP contribution is 2.08. The Kier molecular flexibility index (Phi) is 5.84. The van der Waals surface area contributed by atoms with Crippen LogP contribution in [0.4, 0.5) is 0 Å². The SMILES string of the molecule is CCN(CC)CC(C)O[Si](C)(C)C. The molecule has 0 aromatic heterocycles. The van der Waals surface area contributed by atoms with Gasteiger partial charge in [0.1, 0.15) is 0 Å². The lowest BCUT2D eigenvalue weighted by Crippen LogP contribution is -2.38. The van der Waals surface area contributed by atoms with E-state index in [0.717, 1.165) is 19.6 Å². The maximum atomic E-state index is 5.97. The van der Waals surface area contributed by atoms with Gasteiger partial charge in [0.15, 0.2) is 8.32 Å². The molecule has 2 nitrogen and oxygen atoms in total. The Morgan fingerprint density at radius 3 is 1.92 bits per heavy atom. The van der Waals surface area contributed by atoms with Gasteiger partial charge >= 0.3 is 0 Å². The molecule has 0 bridgehead atoms. The number of hydrogen-bond donors (Lipinski definition) is 0. The molecule has 0 fully saturated rings. The number of rotatable bonds is 6. The molecule has 0 aromatic rings. The van der Waals surface area contributed by atoms with Crippen LogP contribution in [0, 0.1) is 0 Å². The molecule has 0 saturated carbocycles. The first-order chi connectivity index (χ1) is 5.89. The zero-order valence-electron chi connectivity index (χ0n) is 10.1. The normalized spacial score (nSPS) is 15.0. The molecule has 0 aliphatic rings. The standard InChI is InChI=1S/C10H25NOSi/c1-7-11(8-2)9-10(3)12-13(4,5)6/h10H,7-9H2,1-6H3. The van der Waals surface area contributed by atoms with Crippen molar-refractivity contribution >= 4 is 8.32 Å². The Hall–Kier alpha value is 0.137. The van der Waals surface area contributed by atoms with Gasteiger partial charge < -0.3 is 9.33 Å². The fourth-order valence-electron chi connectivity index (χ4n) is 1.49. The van der Waals surface area contributed by atoms with Crippen LogP contribution < -0.4 is 0 Å². The Labute approximate surface area is 84.4 Å². The van der Waals surface area contributed by atoms with Gasteiger partial charge in [-0.25, -0.2) is 0 Å². The second-order valence-electron chi connectivity index (χ2n) is 4.53. The van der Waals surface area contributed by atoms with E-state index in [-0.39, 0.29) is 0 Å². The zero-order chi connectivity index (χ0) is 10.5. The lowest BCUT2D eigenvalue weighted by Gasteiger charge is -2.28. The number of hydrogen-bond acceptors (Lipinski definition) is 2. The van der Waals surface area contributed by atoms with Gasteiger partial charge in [-0.05, 0) is 39.7 Å². The summed E-state index contributed by atoms with van der Waals surface area (Å²) in [6.45, 7) is 16.6. The third kappa shape index (κ3) is 7.23. The van der Waals surface area contributed by atoms with E-state index in [1.54, 1.807) is 0 Å². The van der Waals surface area contributed by atoms with Crippen molar-refractivity contribution in [3.63, 3.8) is 0 Å². The number of likely N-dealkylation sites (N-methyl/N-ethyl adjacent to an activating group) is 1. The smallest absolute Gasteiger partial charge is 0.184 e. The van der Waals surface area contributed by atoms with Crippen LogP contribution in [0.1, 0.15) is 20.8 Å². The van der Waals surface area contributed by atoms with Crippen molar-refractivity contribution < 1.29 is 4.43 Å². The molecule has 0 aromatic carbocycles. The lowest BCUT2D eigenvalue weighted by molar-refractivity contribution is 0.147. The van der Waals surface area contributed by atoms with E-state index in [1.807, 2.05) is 0 Å². The second-order valence-corrected chi connectivity index (χ2v) is 8.99. The summed E-state index contributed by atoms with van der Waals surface area (Å²) in [6, 6.07) is 0. The fourth-order valence-corrected chi connectivity index (χ4v) is 2.77. The molecule has 0 rings (SSSR count). The minimum absolute atomic E-state index is 0.381. The molecule has 1 atom stereocenters. The minimum atomic E-state index is -1.34. The largest absolute Gasteiger partial charge is 0.414 e. The maximum Gasteiger partial charge on any atom is 0.184 e. The summed E-state index contributed by atoms with van der Waals surface area (Å²) in [5.41, 5.74) is 0. The van der Waals surface area contributed by atoms with Crippen molar-refractivity contribution in [1.29, 1.82) is 0 Å². The first kappa shape index (κ1) is 13.1. The lowest BCUT2D eigenvalue weighted by atomic mass is 10.3. The first-order valence-electron chi connectivity index (χ1n) is 5.29. The predicted molar refractivity (Wildman–Crippen MR) is 61.7 cm³/mol. The van der Waals surface area contributed by atoms with Gasteiger partial charge in [0.2, 0.25) is 0 Å². The summed E-state index contributed by atoms with van der Waals surface area (Å²) in [5.74, 6) is 0. The van der Waals surface area contributed by atoms with E-state index in [1.165, 1.54) is 0 Å². The zero-order valence-corrected chi connectivity index (χ0v) is 11.1. The van der Waals surface area contributed by atoms with Gasteiger partial charge in [-0.3, -0.25) is 0 Å². The molecule has 0 amide bonds. The van der Waals surface area contributed by atoms with Crippen LogP contribution in [-0.2, 0) is 4.43 Å². The molecular weight excluding hydrogens is 178 g/mol. The van der Waals surface area contributed by atoms with Crippen LogP contribution in [0.5, 0.6) is 0 Å². The summed E-state index contributed by atoms with van der Waals surface area (Å²) >= 11 is 0. The molecule has 0 heterocycles. The summed E-state index contributed by atoms with van der Waals surface area (Å²) in [4.78, 5) is 2.41. The summed E-state index contributed by atoms with van der Waals surface area (Å²) in [5, 5.41) is 0. The van der Waals surface area contributed by atoms with E-state index in [0.29, 0.717) is 6.10 Å². The van der Waals surface area contributed by atoms with Crippen molar-refractivity contribution in [2.24, 2.45) is 0 Å². The van der Waals surface area contributed by atoms with Crippen molar-refractivity contribution in [2.75, 3.05) is 19.6 Å². The molecule has 13 heavy (non-hydrogen) atoms. The van der Waals surface area contributed by atoms with Crippen LogP contribution in [0.25, 0.3) is 0 Å². The summed E-state index contributed by atoms with van der Waals surface area (Å²) in [6.07, 6.45) is 0.381. The molecule has 0 spiro atoms.